The van der Waals surface area contributed by atoms with E-state index < -0.39 is 0 Å². The van der Waals surface area contributed by atoms with Gasteiger partial charge in [-0.25, -0.2) is 9.66 Å². The number of nitrogen functional groups attached to an aromatic ring is 1. The molecule has 0 aromatic carbocycles. The van der Waals surface area contributed by atoms with Gasteiger partial charge in [-0.1, -0.05) is 11.8 Å². The first-order valence-corrected chi connectivity index (χ1v) is 10.8. The van der Waals surface area contributed by atoms with Crippen LogP contribution in [-0.2, 0) is 18.6 Å². The van der Waals surface area contributed by atoms with Gasteiger partial charge in [-0.2, -0.15) is 0 Å². The molecule has 4 aromatic rings. The van der Waals surface area contributed by atoms with Crippen LogP contribution in [0.15, 0.2) is 32.8 Å². The zero-order valence-electron chi connectivity index (χ0n) is 15.2. The van der Waals surface area contributed by atoms with Crippen LogP contribution in [0.25, 0.3) is 16.3 Å². The maximum atomic E-state index is 12.7. The number of hydrogen-bond acceptors (Lipinski definition) is 8. The van der Waals surface area contributed by atoms with Crippen molar-refractivity contribution in [2.24, 2.45) is 0 Å². The van der Waals surface area contributed by atoms with E-state index in [1.54, 1.807) is 28.1 Å². The molecule has 0 unspecified atom stereocenters. The second kappa shape index (κ2) is 6.78. The molecular weight excluding hydrogens is 396 g/mol. The van der Waals surface area contributed by atoms with Gasteiger partial charge in [-0.15, -0.1) is 21.5 Å². The van der Waals surface area contributed by atoms with Crippen LogP contribution in [0.1, 0.15) is 34.9 Å². The summed E-state index contributed by atoms with van der Waals surface area (Å²) in [7, 11) is 0. The molecule has 5 rings (SSSR count). The number of furan rings is 1. The summed E-state index contributed by atoms with van der Waals surface area (Å²) in [5.41, 5.74) is 2.66. The monoisotopic (exact) mass is 414 g/mol. The summed E-state index contributed by atoms with van der Waals surface area (Å²) in [5.74, 6) is 7.93. The lowest BCUT2D eigenvalue weighted by Gasteiger charge is -2.10. The third kappa shape index (κ3) is 2.83. The van der Waals surface area contributed by atoms with E-state index in [0.717, 1.165) is 46.9 Å². The Morgan fingerprint density at radius 2 is 2.18 bits per heavy atom. The van der Waals surface area contributed by atoms with Gasteiger partial charge in [0.2, 0.25) is 5.16 Å². The molecule has 4 heterocycles. The fourth-order valence-corrected chi connectivity index (χ4v) is 5.51. The van der Waals surface area contributed by atoms with Crippen molar-refractivity contribution in [2.75, 3.05) is 5.84 Å². The summed E-state index contributed by atoms with van der Waals surface area (Å²) in [4.78, 5) is 19.4. The lowest BCUT2D eigenvalue weighted by molar-refractivity contribution is 0.535. The van der Waals surface area contributed by atoms with Crippen molar-refractivity contribution in [1.82, 2.24) is 24.3 Å². The van der Waals surface area contributed by atoms with E-state index in [9.17, 15) is 4.79 Å². The molecule has 0 amide bonds. The number of thioether (sulfide) groups is 1. The Morgan fingerprint density at radius 1 is 1.32 bits per heavy atom. The van der Waals surface area contributed by atoms with Crippen LogP contribution in [0.4, 0.5) is 0 Å². The SMILES string of the molecule is Cc1occc1-c1nnc(SCc2cc(=O)n3c4c(sc3n2)CCCC4)n1N. The second-order valence-corrected chi connectivity index (χ2v) is 8.74. The second-order valence-electron chi connectivity index (χ2n) is 6.74. The van der Waals surface area contributed by atoms with Crippen LogP contribution >= 0.6 is 23.1 Å². The minimum absolute atomic E-state index is 0.0103. The van der Waals surface area contributed by atoms with E-state index in [1.165, 1.54) is 27.7 Å². The Balaban J connectivity index is 1.42. The Morgan fingerprint density at radius 3 is 3.00 bits per heavy atom. The molecule has 0 radical (unpaired) electrons. The molecule has 0 saturated carbocycles. The molecule has 0 atom stereocenters. The van der Waals surface area contributed by atoms with Crippen molar-refractivity contribution in [3.63, 3.8) is 0 Å². The van der Waals surface area contributed by atoms with Gasteiger partial charge in [-0.3, -0.25) is 9.20 Å². The average Bonchev–Trinajstić information content (AvgIpc) is 3.36. The van der Waals surface area contributed by atoms with Gasteiger partial charge >= 0.3 is 0 Å². The molecule has 1 aliphatic rings. The van der Waals surface area contributed by atoms with E-state index in [2.05, 4.69) is 10.2 Å². The minimum Gasteiger partial charge on any atom is -0.469 e. The van der Waals surface area contributed by atoms with E-state index in [1.807, 2.05) is 13.0 Å². The van der Waals surface area contributed by atoms with E-state index in [4.69, 9.17) is 15.2 Å². The lowest BCUT2D eigenvalue weighted by Crippen LogP contribution is -2.18. The predicted octanol–water partition coefficient (Wildman–Crippen LogP) is 2.80. The average molecular weight is 415 g/mol. The molecule has 144 valence electrons. The number of nitrogens with zero attached hydrogens (tertiary/aromatic N) is 5. The molecule has 0 aliphatic heterocycles. The van der Waals surface area contributed by atoms with Gasteiger partial charge in [0.25, 0.3) is 5.56 Å². The molecule has 0 bridgehead atoms. The summed E-state index contributed by atoms with van der Waals surface area (Å²) in [6.07, 6.45) is 5.91. The van der Waals surface area contributed by atoms with E-state index >= 15 is 0 Å². The number of aromatic nitrogens is 5. The van der Waals surface area contributed by atoms with Crippen molar-refractivity contribution in [3.05, 3.63) is 50.8 Å². The lowest BCUT2D eigenvalue weighted by atomic mass is 10.0. The highest BCUT2D eigenvalue weighted by Crippen LogP contribution is 2.29. The van der Waals surface area contributed by atoms with Crippen LogP contribution in [0.2, 0.25) is 0 Å². The van der Waals surface area contributed by atoms with Gasteiger partial charge in [0, 0.05) is 22.4 Å². The molecule has 1 aliphatic carbocycles. The smallest absolute Gasteiger partial charge is 0.259 e. The Labute approximate surface area is 168 Å². The zero-order chi connectivity index (χ0) is 19.3. The first-order chi connectivity index (χ1) is 13.6. The van der Waals surface area contributed by atoms with Gasteiger partial charge in [-0.05, 0) is 38.7 Å². The number of aryl methyl sites for hydroxylation is 3. The maximum Gasteiger partial charge on any atom is 0.259 e. The van der Waals surface area contributed by atoms with E-state index in [-0.39, 0.29) is 5.56 Å². The summed E-state index contributed by atoms with van der Waals surface area (Å²) in [6.45, 7) is 1.85. The highest BCUT2D eigenvalue weighted by Gasteiger charge is 2.19. The topological polar surface area (TPSA) is 104 Å². The molecular formula is C18H18N6O2S2. The number of hydrogen-bond donors (Lipinski definition) is 1. The number of nitrogens with two attached hydrogens (primary N) is 1. The molecule has 2 N–H and O–H groups in total. The van der Waals surface area contributed by atoms with Crippen LogP contribution < -0.4 is 11.4 Å². The van der Waals surface area contributed by atoms with E-state index in [0.29, 0.717) is 16.7 Å². The summed E-state index contributed by atoms with van der Waals surface area (Å²) < 4.78 is 8.53. The Hall–Kier alpha value is -2.59. The molecule has 8 nitrogen and oxygen atoms in total. The maximum absolute atomic E-state index is 12.7. The summed E-state index contributed by atoms with van der Waals surface area (Å²) in [6, 6.07) is 3.42. The van der Waals surface area contributed by atoms with Crippen molar-refractivity contribution < 1.29 is 4.42 Å². The fourth-order valence-electron chi connectivity index (χ4n) is 3.53. The van der Waals surface area contributed by atoms with Crippen LogP contribution in [0.3, 0.4) is 0 Å². The number of rotatable bonds is 4. The predicted molar refractivity (Wildman–Crippen MR) is 108 cm³/mol. The molecule has 0 saturated heterocycles. The van der Waals surface area contributed by atoms with Crippen molar-refractivity contribution >= 4 is 28.1 Å². The fraction of sp³-hybridized carbons (Fsp3) is 0.333. The largest absolute Gasteiger partial charge is 0.469 e. The number of fused-ring (bicyclic) bond motifs is 3. The highest BCUT2D eigenvalue weighted by molar-refractivity contribution is 7.98. The van der Waals surface area contributed by atoms with Crippen LogP contribution in [-0.4, -0.2) is 24.3 Å². The summed E-state index contributed by atoms with van der Waals surface area (Å²) in [5, 5.41) is 8.89. The van der Waals surface area contributed by atoms with Gasteiger partial charge in [0.05, 0.1) is 17.5 Å². The highest BCUT2D eigenvalue weighted by atomic mass is 32.2. The molecule has 4 aromatic heterocycles. The van der Waals surface area contributed by atoms with Gasteiger partial charge < -0.3 is 10.3 Å². The standard InChI is InChI=1S/C18H18N6O2S2/c1-10-12(6-7-26-10)16-21-22-18(24(16)19)27-9-11-8-15(25)23-13-4-2-3-5-14(13)28-17(23)20-11/h6-8H,2-5,9,19H2,1H3. The normalized spacial score (nSPS) is 13.9. The summed E-state index contributed by atoms with van der Waals surface area (Å²) >= 11 is 3.04. The Bertz CT molecular complexity index is 1230. The molecule has 0 spiro atoms. The third-order valence-corrected chi connectivity index (χ3v) is 7.05. The number of thiazole rings is 1. The van der Waals surface area contributed by atoms with Crippen LogP contribution in [0, 0.1) is 6.92 Å². The van der Waals surface area contributed by atoms with Crippen molar-refractivity contribution in [3.8, 4) is 11.4 Å². The first-order valence-electron chi connectivity index (χ1n) is 9.03. The zero-order valence-corrected chi connectivity index (χ0v) is 16.8. The minimum atomic E-state index is -0.0103. The molecule has 28 heavy (non-hydrogen) atoms. The Kier molecular flexibility index (Phi) is 4.24. The van der Waals surface area contributed by atoms with Crippen molar-refractivity contribution in [2.45, 2.75) is 43.5 Å². The van der Waals surface area contributed by atoms with Gasteiger partial charge in [0.15, 0.2) is 10.8 Å². The first kappa shape index (κ1) is 17.5. The third-order valence-electron chi connectivity index (χ3n) is 4.93. The van der Waals surface area contributed by atoms with Crippen LogP contribution in [0.5, 0.6) is 0 Å². The van der Waals surface area contributed by atoms with Crippen molar-refractivity contribution in [1.29, 1.82) is 0 Å². The molecule has 0 fully saturated rings. The van der Waals surface area contributed by atoms with Gasteiger partial charge in [0.1, 0.15) is 5.76 Å². The molecule has 10 heteroatoms. The quantitative estimate of drug-likeness (QED) is 0.404.